The average Bonchev–Trinajstić information content (AvgIpc) is 3.27. The molecule has 0 rings (SSSR count). The summed E-state index contributed by atoms with van der Waals surface area (Å²) in [6.07, 6.45) is 71.6. The highest BCUT2D eigenvalue weighted by atomic mass is 35.5. The zero-order valence-corrected chi connectivity index (χ0v) is 48.9. The van der Waals surface area contributed by atoms with Gasteiger partial charge in [0.2, 0.25) is 0 Å². The molecule has 0 aliphatic carbocycles. The minimum atomic E-state index is 0. The van der Waals surface area contributed by atoms with Crippen LogP contribution in [-0.2, 0) is 0 Å². The lowest BCUT2D eigenvalue weighted by atomic mass is 10.0. The third-order valence-electron chi connectivity index (χ3n) is 13.9. The Balaban J connectivity index is -0.000000441. The summed E-state index contributed by atoms with van der Waals surface area (Å²) in [4.78, 5) is 0. The van der Waals surface area contributed by atoms with Crippen LogP contribution in [0.1, 0.15) is 342 Å². The minimum Gasteiger partial charge on any atom is -1.00 e. The van der Waals surface area contributed by atoms with Gasteiger partial charge in [-0.15, -0.1) is 6.61 Å². The van der Waals surface area contributed by atoms with Crippen molar-refractivity contribution < 1.29 is 26.5 Å². The Morgan fingerprint density at radius 1 is 0.197 bits per heavy atom. The summed E-state index contributed by atoms with van der Waals surface area (Å²) in [7, 11) is 13.8. The van der Waals surface area contributed by atoms with Crippen LogP contribution in [0.5, 0.6) is 0 Å². The van der Waals surface area contributed by atoms with Crippen LogP contribution >= 0.6 is 0 Å². The first-order valence-corrected chi connectivity index (χ1v) is 30.7. The van der Waals surface area contributed by atoms with Crippen molar-refractivity contribution in [3.8, 4) is 0 Å². The molecule has 0 aromatic heterocycles. The maximum atomic E-state index is 10.2. The van der Waals surface area contributed by atoms with E-state index in [1.807, 2.05) is 0 Å². The van der Waals surface area contributed by atoms with Gasteiger partial charge in [-0.3, -0.25) is 0 Å². The molecule has 404 valence electrons. The summed E-state index contributed by atoms with van der Waals surface area (Å²) in [5, 5.41) is 10.2. The van der Waals surface area contributed by atoms with E-state index in [-0.39, 0.29) is 19.0 Å². The van der Waals surface area contributed by atoms with Crippen molar-refractivity contribution >= 4 is 0 Å². The smallest absolute Gasteiger partial charge is 0.0780 e. The largest absolute Gasteiger partial charge is 1.00 e. The maximum Gasteiger partial charge on any atom is 0.0780 e. The third-order valence-corrected chi connectivity index (χ3v) is 13.9. The van der Waals surface area contributed by atoms with E-state index in [1.54, 1.807) is 0 Å². The van der Waals surface area contributed by atoms with Crippen LogP contribution in [0.4, 0.5) is 0 Å². The highest BCUT2D eigenvalue weighted by Crippen LogP contribution is 2.17. The van der Waals surface area contributed by atoms with Gasteiger partial charge in [-0.25, -0.2) is 0 Å². The second kappa shape index (κ2) is 63.2. The van der Waals surface area contributed by atoms with Gasteiger partial charge in [-0.05, 0) is 25.7 Å². The summed E-state index contributed by atoms with van der Waals surface area (Å²) >= 11 is 0. The van der Waals surface area contributed by atoms with Crippen LogP contribution in [0, 0.1) is 0 Å². The molecule has 0 saturated heterocycles. The molecule has 0 unspecified atom stereocenters. The fourth-order valence-electron chi connectivity index (χ4n) is 9.27. The average molecular weight is 958 g/mol. The fraction of sp³-hybridized carbons (Fsp3) is 1.00. The van der Waals surface area contributed by atoms with E-state index < -0.39 is 0 Å². The SMILES string of the molecule is CCCCCCCCCCCCCCCCCCCC[N+](C)(C)C.CCCCCCCCCCCCCCCCCCCC[N+](C)(C)C.CCCCCCCCCCCCCCCC[O-].[Cl-]. The molecule has 0 heterocycles. The van der Waals surface area contributed by atoms with E-state index in [9.17, 15) is 5.11 Å². The molecule has 0 amide bonds. The Morgan fingerprint density at radius 3 is 0.439 bits per heavy atom. The standard InChI is InChI=1S/2C23H50N.C16H33O.ClH/c2*1-5-6-7-8-9-10-11-12-13-14-15-16-17-18-19-20-21-22-23-24(2,3)4;1-2-3-4-5-6-7-8-9-10-11-12-13-14-15-16-17;/h2*5-23H2,1-4H3;2-16H2,1H3;1H/q2*+1;-1;/p-1. The molecule has 0 saturated carbocycles. The summed E-state index contributed by atoms with van der Waals surface area (Å²) in [5.74, 6) is 0. The summed E-state index contributed by atoms with van der Waals surface area (Å²) in [6.45, 7) is 9.66. The van der Waals surface area contributed by atoms with Gasteiger partial charge >= 0.3 is 0 Å². The highest BCUT2D eigenvalue weighted by molar-refractivity contribution is 4.53. The predicted molar refractivity (Wildman–Crippen MR) is 299 cm³/mol. The molecule has 0 spiro atoms. The zero-order chi connectivity index (χ0) is 48.5. The van der Waals surface area contributed by atoms with Crippen molar-refractivity contribution in [2.24, 2.45) is 0 Å². The van der Waals surface area contributed by atoms with Crippen molar-refractivity contribution in [3.63, 3.8) is 0 Å². The summed E-state index contributed by atoms with van der Waals surface area (Å²) in [5.41, 5.74) is 0. The van der Waals surface area contributed by atoms with E-state index >= 15 is 0 Å². The molecule has 0 N–H and O–H groups in total. The third kappa shape index (κ3) is 81.2. The molecule has 0 aromatic carbocycles. The predicted octanol–water partition coefficient (Wildman–Crippen LogP) is 17.3. The monoisotopic (exact) mass is 957 g/mol. The van der Waals surface area contributed by atoms with Crippen molar-refractivity contribution in [2.45, 2.75) is 342 Å². The Kier molecular flexibility index (Phi) is 69.6. The molecule has 66 heavy (non-hydrogen) atoms. The molecule has 0 fully saturated rings. The van der Waals surface area contributed by atoms with Gasteiger partial charge in [0.05, 0.1) is 55.4 Å². The number of quaternary nitrogens is 2. The number of unbranched alkanes of at least 4 members (excludes halogenated alkanes) is 47. The number of rotatable bonds is 52. The first-order chi connectivity index (χ1) is 31.5. The van der Waals surface area contributed by atoms with Gasteiger partial charge in [0, 0.05) is 0 Å². The summed E-state index contributed by atoms with van der Waals surface area (Å²) in [6, 6.07) is 0. The van der Waals surface area contributed by atoms with Crippen LogP contribution < -0.4 is 17.5 Å². The van der Waals surface area contributed by atoms with Crippen LogP contribution in [0.15, 0.2) is 0 Å². The van der Waals surface area contributed by atoms with Crippen molar-refractivity contribution in [1.82, 2.24) is 0 Å². The number of nitrogens with zero attached hydrogens (tertiary/aromatic N) is 2. The van der Waals surface area contributed by atoms with Crippen LogP contribution in [0.2, 0.25) is 0 Å². The van der Waals surface area contributed by atoms with Crippen LogP contribution in [0.3, 0.4) is 0 Å². The van der Waals surface area contributed by atoms with Crippen LogP contribution in [0.25, 0.3) is 0 Å². The lowest BCUT2D eigenvalue weighted by molar-refractivity contribution is -0.870. The van der Waals surface area contributed by atoms with Gasteiger partial charge in [0.15, 0.2) is 0 Å². The summed E-state index contributed by atoms with van der Waals surface area (Å²) < 4.78 is 2.25. The van der Waals surface area contributed by atoms with E-state index in [4.69, 9.17) is 0 Å². The molecule has 0 radical (unpaired) electrons. The van der Waals surface area contributed by atoms with Crippen molar-refractivity contribution in [1.29, 1.82) is 0 Å². The number of hydrogen-bond donors (Lipinski definition) is 0. The van der Waals surface area contributed by atoms with Gasteiger partial charge in [0.25, 0.3) is 0 Å². The Labute approximate surface area is 428 Å². The normalized spacial score (nSPS) is 11.5. The number of hydrogen-bond acceptors (Lipinski definition) is 1. The quantitative estimate of drug-likeness (QED) is 0.0440. The Hall–Kier alpha value is 0.170. The van der Waals surface area contributed by atoms with E-state index in [2.05, 4.69) is 63.1 Å². The second-order valence-electron chi connectivity index (χ2n) is 23.3. The Bertz CT molecular complexity index is 728. The van der Waals surface area contributed by atoms with Gasteiger partial charge < -0.3 is 26.5 Å². The molecule has 0 bridgehead atoms. The van der Waals surface area contributed by atoms with Gasteiger partial charge in [0.1, 0.15) is 0 Å². The second-order valence-corrected chi connectivity index (χ2v) is 23.3. The molecule has 0 aromatic rings. The highest BCUT2D eigenvalue weighted by Gasteiger charge is 2.06. The first-order valence-electron chi connectivity index (χ1n) is 30.7. The van der Waals surface area contributed by atoms with Gasteiger partial charge in [-0.2, -0.15) is 0 Å². The first kappa shape index (κ1) is 72.7. The molecule has 0 aliphatic rings. The molecular weight excluding hydrogens is 824 g/mol. The molecule has 4 heteroatoms. The topological polar surface area (TPSA) is 23.1 Å². The van der Waals surface area contributed by atoms with Gasteiger partial charge in [-0.1, -0.05) is 316 Å². The van der Waals surface area contributed by atoms with E-state index in [0.29, 0.717) is 0 Å². The lowest BCUT2D eigenvalue weighted by Crippen LogP contribution is -3.00. The van der Waals surface area contributed by atoms with Crippen molar-refractivity contribution in [3.05, 3.63) is 0 Å². The lowest BCUT2D eigenvalue weighted by Gasteiger charge is -2.23. The molecule has 0 aliphatic heterocycles. The van der Waals surface area contributed by atoms with Crippen molar-refractivity contribution in [2.75, 3.05) is 62.0 Å². The fourth-order valence-corrected chi connectivity index (χ4v) is 9.27. The zero-order valence-electron chi connectivity index (χ0n) is 48.2. The molecule has 3 nitrogen and oxygen atoms in total. The minimum absolute atomic E-state index is 0. The molecule has 0 atom stereocenters. The molecular formula is C62H133ClN2O. The number of halogens is 1. The van der Waals surface area contributed by atoms with E-state index in [0.717, 1.165) is 21.8 Å². The Morgan fingerprint density at radius 2 is 0.318 bits per heavy atom. The van der Waals surface area contributed by atoms with E-state index in [1.165, 1.54) is 321 Å². The maximum absolute atomic E-state index is 10.2. The van der Waals surface area contributed by atoms with Crippen LogP contribution in [-0.4, -0.2) is 70.9 Å².